The average Bonchev–Trinajstić information content (AvgIpc) is 2.35. The Hall–Kier alpha value is -1.09. The SMILES string of the molecule is COCOc1cc(Cl)c2c(P(C)(C)=O)c(F)ccc2c1. The lowest BCUT2D eigenvalue weighted by atomic mass is 10.1. The van der Waals surface area contributed by atoms with Crippen LogP contribution in [0.5, 0.6) is 5.75 Å². The fraction of sp³-hybridized carbons (Fsp3) is 0.286. The molecule has 0 unspecified atom stereocenters. The van der Waals surface area contributed by atoms with Crippen LogP contribution in [0.15, 0.2) is 24.3 Å². The second-order valence-electron chi connectivity index (χ2n) is 4.80. The molecule has 2 rings (SSSR count). The third-order valence-electron chi connectivity index (χ3n) is 2.85. The highest BCUT2D eigenvalue weighted by molar-refractivity contribution is 7.70. The van der Waals surface area contributed by atoms with Crippen LogP contribution in [0.1, 0.15) is 0 Å². The molecule has 108 valence electrons. The Balaban J connectivity index is 2.71. The third kappa shape index (κ3) is 2.98. The molecule has 0 fully saturated rings. The molecule has 0 spiro atoms. The Morgan fingerprint density at radius 1 is 1.30 bits per heavy atom. The molecule has 3 nitrogen and oxygen atoms in total. The molecule has 0 bridgehead atoms. The topological polar surface area (TPSA) is 35.5 Å². The first-order valence-corrected chi connectivity index (χ1v) is 8.91. The van der Waals surface area contributed by atoms with Crippen molar-refractivity contribution in [3.05, 3.63) is 35.1 Å². The summed E-state index contributed by atoms with van der Waals surface area (Å²) in [6, 6.07) is 6.18. The van der Waals surface area contributed by atoms with E-state index in [4.69, 9.17) is 21.1 Å². The first-order chi connectivity index (χ1) is 9.34. The van der Waals surface area contributed by atoms with Crippen molar-refractivity contribution >= 4 is 34.8 Å². The van der Waals surface area contributed by atoms with E-state index in [0.29, 0.717) is 21.5 Å². The predicted molar refractivity (Wildman–Crippen MR) is 80.5 cm³/mol. The number of hydrogen-bond acceptors (Lipinski definition) is 3. The van der Waals surface area contributed by atoms with Gasteiger partial charge in [-0.05, 0) is 36.9 Å². The van der Waals surface area contributed by atoms with E-state index < -0.39 is 13.0 Å². The van der Waals surface area contributed by atoms with Gasteiger partial charge in [-0.1, -0.05) is 17.7 Å². The van der Waals surface area contributed by atoms with Crippen molar-refractivity contribution in [2.24, 2.45) is 0 Å². The molecular weight excluding hydrogens is 302 g/mol. The summed E-state index contributed by atoms with van der Waals surface area (Å²) in [5.74, 6) is 0.0160. The van der Waals surface area contributed by atoms with Gasteiger partial charge >= 0.3 is 0 Å². The van der Waals surface area contributed by atoms with Gasteiger partial charge in [-0.25, -0.2) is 4.39 Å². The van der Waals surface area contributed by atoms with E-state index in [1.165, 1.54) is 26.5 Å². The van der Waals surface area contributed by atoms with Gasteiger partial charge in [0.15, 0.2) is 6.79 Å². The number of ether oxygens (including phenoxy) is 2. The molecule has 0 aliphatic carbocycles. The lowest BCUT2D eigenvalue weighted by Crippen LogP contribution is -2.11. The molecule has 0 saturated heterocycles. The second-order valence-corrected chi connectivity index (χ2v) is 8.36. The number of benzene rings is 2. The van der Waals surface area contributed by atoms with Crippen LogP contribution in [0, 0.1) is 5.82 Å². The van der Waals surface area contributed by atoms with Gasteiger partial charge in [-0.3, -0.25) is 0 Å². The molecule has 0 aliphatic rings. The summed E-state index contributed by atoms with van der Waals surface area (Å²) in [5, 5.41) is 1.65. The summed E-state index contributed by atoms with van der Waals surface area (Å²) in [6.07, 6.45) is 0. The van der Waals surface area contributed by atoms with Gasteiger partial charge in [0.1, 0.15) is 18.7 Å². The normalized spacial score (nSPS) is 11.8. The Morgan fingerprint density at radius 2 is 2.00 bits per heavy atom. The highest BCUT2D eigenvalue weighted by Crippen LogP contribution is 2.41. The fourth-order valence-corrected chi connectivity index (χ4v) is 3.84. The van der Waals surface area contributed by atoms with Crippen LogP contribution >= 0.6 is 18.7 Å². The minimum atomic E-state index is -2.79. The van der Waals surface area contributed by atoms with Gasteiger partial charge in [0.2, 0.25) is 0 Å². The van der Waals surface area contributed by atoms with Crippen molar-refractivity contribution < 1.29 is 18.4 Å². The first-order valence-electron chi connectivity index (χ1n) is 5.93. The highest BCUT2D eigenvalue weighted by Gasteiger charge is 2.22. The number of hydrogen-bond donors (Lipinski definition) is 0. The maximum Gasteiger partial charge on any atom is 0.188 e. The van der Waals surface area contributed by atoms with Crippen LogP contribution in [-0.4, -0.2) is 27.2 Å². The lowest BCUT2D eigenvalue weighted by molar-refractivity contribution is 0.0512. The van der Waals surface area contributed by atoms with Crippen molar-refractivity contribution in [3.8, 4) is 5.75 Å². The molecule has 6 heteroatoms. The van der Waals surface area contributed by atoms with E-state index in [1.54, 1.807) is 18.2 Å². The van der Waals surface area contributed by atoms with E-state index in [2.05, 4.69) is 0 Å². The van der Waals surface area contributed by atoms with Crippen LogP contribution in [-0.2, 0) is 9.30 Å². The maximum atomic E-state index is 14.0. The van der Waals surface area contributed by atoms with Crippen molar-refractivity contribution in [3.63, 3.8) is 0 Å². The van der Waals surface area contributed by atoms with Crippen LogP contribution in [0.3, 0.4) is 0 Å². The molecule has 0 saturated carbocycles. The van der Waals surface area contributed by atoms with E-state index in [1.807, 2.05) is 0 Å². The number of methoxy groups -OCH3 is 1. The van der Waals surface area contributed by atoms with Crippen LogP contribution in [0.25, 0.3) is 10.8 Å². The van der Waals surface area contributed by atoms with Gasteiger partial charge in [-0.15, -0.1) is 0 Å². The van der Waals surface area contributed by atoms with Crippen molar-refractivity contribution in [2.45, 2.75) is 0 Å². The van der Waals surface area contributed by atoms with E-state index in [-0.39, 0.29) is 12.1 Å². The second kappa shape index (κ2) is 5.72. The largest absolute Gasteiger partial charge is 0.467 e. The minimum absolute atomic E-state index is 0.0932. The first kappa shape index (κ1) is 15.3. The zero-order valence-corrected chi connectivity index (χ0v) is 13.1. The van der Waals surface area contributed by atoms with E-state index >= 15 is 0 Å². The molecule has 2 aromatic carbocycles. The summed E-state index contributed by atoms with van der Waals surface area (Å²) >= 11 is 6.22. The molecule has 0 amide bonds. The summed E-state index contributed by atoms with van der Waals surface area (Å²) in [7, 11) is -1.27. The fourth-order valence-electron chi connectivity index (χ4n) is 2.08. The Bertz CT molecular complexity index is 696. The zero-order chi connectivity index (χ0) is 14.9. The molecule has 0 heterocycles. The van der Waals surface area contributed by atoms with Crippen LogP contribution in [0.4, 0.5) is 4.39 Å². The average molecular weight is 317 g/mol. The maximum absolute atomic E-state index is 14.0. The standard InChI is InChI=1S/C14H15ClFO3P/c1-18-8-19-10-6-9-4-5-12(16)14(20(2,3)17)13(9)11(15)7-10/h4-7H,8H2,1-3H3. The summed E-state index contributed by atoms with van der Waals surface area (Å²) < 4.78 is 36.5. The predicted octanol–water partition coefficient (Wildman–Crippen LogP) is 3.86. The van der Waals surface area contributed by atoms with Crippen LogP contribution < -0.4 is 10.0 Å². The quantitative estimate of drug-likeness (QED) is 0.634. The highest BCUT2D eigenvalue weighted by atomic mass is 35.5. The summed E-state index contributed by atoms with van der Waals surface area (Å²) in [4.78, 5) is 0. The molecule has 20 heavy (non-hydrogen) atoms. The van der Waals surface area contributed by atoms with Gasteiger partial charge in [0, 0.05) is 12.5 Å². The summed E-state index contributed by atoms with van der Waals surface area (Å²) in [5.41, 5.74) is 0. The molecule has 0 aromatic heterocycles. The van der Waals surface area contributed by atoms with E-state index in [9.17, 15) is 8.96 Å². The van der Waals surface area contributed by atoms with Gasteiger partial charge in [0.25, 0.3) is 0 Å². The minimum Gasteiger partial charge on any atom is -0.467 e. The zero-order valence-electron chi connectivity index (χ0n) is 11.4. The van der Waals surface area contributed by atoms with Crippen LogP contribution in [0.2, 0.25) is 5.02 Å². The van der Waals surface area contributed by atoms with Gasteiger partial charge in [-0.2, -0.15) is 0 Å². The van der Waals surface area contributed by atoms with Crippen molar-refractivity contribution in [1.29, 1.82) is 0 Å². The van der Waals surface area contributed by atoms with Crippen molar-refractivity contribution in [2.75, 3.05) is 27.2 Å². The number of rotatable bonds is 4. The Morgan fingerprint density at radius 3 is 2.60 bits per heavy atom. The molecule has 0 N–H and O–H groups in total. The summed E-state index contributed by atoms with van der Waals surface area (Å²) in [6.45, 7) is 3.14. The Labute approximate surface area is 122 Å². The molecular formula is C14H15ClFO3P. The molecule has 0 radical (unpaired) electrons. The van der Waals surface area contributed by atoms with E-state index in [0.717, 1.165) is 0 Å². The molecule has 0 atom stereocenters. The number of halogens is 2. The monoisotopic (exact) mass is 316 g/mol. The molecule has 0 aliphatic heterocycles. The Kier molecular flexibility index (Phi) is 4.38. The van der Waals surface area contributed by atoms with Gasteiger partial charge < -0.3 is 14.0 Å². The van der Waals surface area contributed by atoms with Crippen molar-refractivity contribution in [1.82, 2.24) is 0 Å². The number of fused-ring (bicyclic) bond motifs is 1. The third-order valence-corrected chi connectivity index (χ3v) is 4.66. The smallest absolute Gasteiger partial charge is 0.188 e. The van der Waals surface area contributed by atoms with Gasteiger partial charge in [0.05, 0.1) is 10.3 Å². The molecule has 2 aromatic rings. The lowest BCUT2D eigenvalue weighted by Gasteiger charge is -2.15.